The first kappa shape index (κ1) is 5.15. The van der Waals surface area contributed by atoms with Gasteiger partial charge in [-0.15, -0.1) is 0 Å². The second-order valence-corrected chi connectivity index (χ2v) is 2.69. The van der Waals surface area contributed by atoms with Crippen LogP contribution < -0.4 is 10.6 Å². The summed E-state index contributed by atoms with van der Waals surface area (Å²) in [6, 6.07) is 0. The van der Waals surface area contributed by atoms with Gasteiger partial charge in [-0.2, -0.15) is 0 Å². The maximum atomic E-state index is 3.33. The number of rotatable bonds is 0. The van der Waals surface area contributed by atoms with Gasteiger partial charge >= 0.3 is 0 Å². The molecule has 2 N–H and O–H groups in total. The van der Waals surface area contributed by atoms with Crippen molar-refractivity contribution in [2.24, 2.45) is 0 Å². The molecule has 2 nitrogen and oxygen atoms in total. The predicted molar refractivity (Wildman–Crippen MR) is 36.6 cm³/mol. The van der Waals surface area contributed by atoms with E-state index in [1.165, 1.54) is 37.1 Å². The molecular weight excluding hydrogens is 112 g/mol. The van der Waals surface area contributed by atoms with Crippen molar-refractivity contribution < 1.29 is 0 Å². The molecule has 1 heterocycles. The molecule has 0 aromatic rings. The molecule has 2 aliphatic rings. The Bertz CT molecular complexity index is 133. The minimum Gasteiger partial charge on any atom is -0.370 e. The van der Waals surface area contributed by atoms with Gasteiger partial charge in [0.15, 0.2) is 0 Å². The van der Waals surface area contributed by atoms with Gasteiger partial charge in [0.2, 0.25) is 0 Å². The van der Waals surface area contributed by atoms with Gasteiger partial charge in [0.25, 0.3) is 0 Å². The van der Waals surface area contributed by atoms with E-state index in [9.17, 15) is 0 Å². The Hall–Kier alpha value is -0.660. The van der Waals surface area contributed by atoms with Gasteiger partial charge in [-0.05, 0) is 25.7 Å². The predicted octanol–water partition coefficient (Wildman–Crippen LogP) is 0.922. The minimum atomic E-state index is 0.963. The van der Waals surface area contributed by atoms with E-state index in [1.54, 1.807) is 0 Å². The summed E-state index contributed by atoms with van der Waals surface area (Å²) < 4.78 is 0. The van der Waals surface area contributed by atoms with Crippen molar-refractivity contribution in [1.29, 1.82) is 0 Å². The van der Waals surface area contributed by atoms with Gasteiger partial charge in [0, 0.05) is 11.4 Å². The lowest BCUT2D eigenvalue weighted by molar-refractivity contribution is 0.656. The summed E-state index contributed by atoms with van der Waals surface area (Å²) in [6.45, 7) is 0.963. The fourth-order valence-electron chi connectivity index (χ4n) is 1.55. The fraction of sp³-hybridized carbons (Fsp3) is 0.714. The quantitative estimate of drug-likeness (QED) is 0.502. The SMILES string of the molecule is C1CCC2=C(C1)NCN2. The molecule has 9 heavy (non-hydrogen) atoms. The van der Waals surface area contributed by atoms with Gasteiger partial charge in [-0.25, -0.2) is 0 Å². The summed E-state index contributed by atoms with van der Waals surface area (Å²) >= 11 is 0. The summed E-state index contributed by atoms with van der Waals surface area (Å²) in [6.07, 6.45) is 5.27. The molecule has 0 radical (unpaired) electrons. The van der Waals surface area contributed by atoms with Crippen molar-refractivity contribution in [3.63, 3.8) is 0 Å². The monoisotopic (exact) mass is 124 g/mol. The smallest absolute Gasteiger partial charge is 0.0845 e. The first-order valence-corrected chi connectivity index (χ1v) is 3.66. The first-order chi connectivity index (χ1) is 4.47. The number of nitrogens with one attached hydrogen (secondary N) is 2. The third kappa shape index (κ3) is 0.784. The molecule has 1 aliphatic carbocycles. The van der Waals surface area contributed by atoms with Crippen molar-refractivity contribution in [2.75, 3.05) is 6.67 Å². The molecule has 0 aromatic carbocycles. The highest BCUT2D eigenvalue weighted by molar-refractivity contribution is 5.17. The van der Waals surface area contributed by atoms with Crippen LogP contribution in [-0.4, -0.2) is 6.67 Å². The van der Waals surface area contributed by atoms with Gasteiger partial charge in [-0.1, -0.05) is 0 Å². The molecule has 2 heteroatoms. The molecule has 50 valence electrons. The summed E-state index contributed by atoms with van der Waals surface area (Å²) in [7, 11) is 0. The van der Waals surface area contributed by atoms with Crippen LogP contribution in [0.3, 0.4) is 0 Å². The fourth-order valence-corrected chi connectivity index (χ4v) is 1.55. The second-order valence-electron chi connectivity index (χ2n) is 2.69. The van der Waals surface area contributed by atoms with Gasteiger partial charge < -0.3 is 10.6 Å². The Labute approximate surface area is 55.3 Å². The zero-order valence-electron chi connectivity index (χ0n) is 5.54. The van der Waals surface area contributed by atoms with Crippen molar-refractivity contribution >= 4 is 0 Å². The molecule has 0 amide bonds. The molecule has 0 aromatic heterocycles. The molecule has 0 spiro atoms. The zero-order chi connectivity index (χ0) is 6.10. The van der Waals surface area contributed by atoms with Crippen molar-refractivity contribution in [2.45, 2.75) is 25.7 Å². The second kappa shape index (κ2) is 1.94. The van der Waals surface area contributed by atoms with Crippen LogP contribution in [0.25, 0.3) is 0 Å². The van der Waals surface area contributed by atoms with E-state index in [0.717, 1.165) is 6.67 Å². The van der Waals surface area contributed by atoms with Crippen molar-refractivity contribution in [3.05, 3.63) is 11.4 Å². The molecule has 0 saturated heterocycles. The van der Waals surface area contributed by atoms with E-state index < -0.39 is 0 Å². The molecule has 2 rings (SSSR count). The summed E-state index contributed by atoms with van der Waals surface area (Å²) in [5, 5.41) is 6.65. The Morgan fingerprint density at radius 3 is 2.00 bits per heavy atom. The highest BCUT2D eigenvalue weighted by atomic mass is 15.1. The highest BCUT2D eigenvalue weighted by Crippen LogP contribution is 2.22. The van der Waals surface area contributed by atoms with Crippen LogP contribution in [0.15, 0.2) is 11.4 Å². The van der Waals surface area contributed by atoms with Crippen molar-refractivity contribution in [3.8, 4) is 0 Å². The van der Waals surface area contributed by atoms with Crippen molar-refractivity contribution in [1.82, 2.24) is 10.6 Å². The van der Waals surface area contributed by atoms with E-state index in [1.807, 2.05) is 0 Å². The Balaban J connectivity index is 2.17. The maximum absolute atomic E-state index is 3.33. The molecule has 0 unspecified atom stereocenters. The number of allylic oxidation sites excluding steroid dienone is 2. The third-order valence-electron chi connectivity index (χ3n) is 2.07. The van der Waals surface area contributed by atoms with Crippen LogP contribution >= 0.6 is 0 Å². The molecule has 0 fully saturated rings. The average molecular weight is 124 g/mol. The van der Waals surface area contributed by atoms with Crippen LogP contribution in [0.4, 0.5) is 0 Å². The summed E-state index contributed by atoms with van der Waals surface area (Å²) in [5.74, 6) is 0. The van der Waals surface area contributed by atoms with Gasteiger partial charge in [-0.3, -0.25) is 0 Å². The lowest BCUT2D eigenvalue weighted by atomic mass is 10.0. The Morgan fingerprint density at radius 1 is 0.889 bits per heavy atom. The van der Waals surface area contributed by atoms with Gasteiger partial charge in [0.1, 0.15) is 0 Å². The first-order valence-electron chi connectivity index (χ1n) is 3.66. The van der Waals surface area contributed by atoms with Crippen LogP contribution in [0.2, 0.25) is 0 Å². The van der Waals surface area contributed by atoms with Crippen LogP contribution in [0.5, 0.6) is 0 Å². The molecule has 1 aliphatic heterocycles. The van der Waals surface area contributed by atoms with Crippen LogP contribution in [0, 0.1) is 0 Å². The van der Waals surface area contributed by atoms with E-state index in [0.29, 0.717) is 0 Å². The number of hydrogen-bond donors (Lipinski definition) is 2. The minimum absolute atomic E-state index is 0.963. The van der Waals surface area contributed by atoms with Crippen LogP contribution in [-0.2, 0) is 0 Å². The average Bonchev–Trinajstić information content (AvgIpc) is 2.33. The Morgan fingerprint density at radius 2 is 1.44 bits per heavy atom. The normalized spacial score (nSPS) is 24.9. The summed E-state index contributed by atoms with van der Waals surface area (Å²) in [4.78, 5) is 0. The van der Waals surface area contributed by atoms with E-state index >= 15 is 0 Å². The van der Waals surface area contributed by atoms with Crippen LogP contribution in [0.1, 0.15) is 25.7 Å². The standard InChI is InChI=1S/C7H12N2/c1-2-4-7-6(3-1)8-5-9-7/h8-9H,1-5H2. The molecule has 0 saturated carbocycles. The largest absolute Gasteiger partial charge is 0.370 e. The maximum Gasteiger partial charge on any atom is 0.0845 e. The van der Waals surface area contributed by atoms with Gasteiger partial charge in [0.05, 0.1) is 6.67 Å². The lowest BCUT2D eigenvalue weighted by Gasteiger charge is -2.11. The highest BCUT2D eigenvalue weighted by Gasteiger charge is 2.15. The van der Waals surface area contributed by atoms with E-state index in [2.05, 4.69) is 10.6 Å². The molecule has 0 atom stereocenters. The summed E-state index contributed by atoms with van der Waals surface area (Å²) in [5.41, 5.74) is 2.95. The number of hydrogen-bond acceptors (Lipinski definition) is 2. The third-order valence-corrected chi connectivity index (χ3v) is 2.07. The molecular formula is C7H12N2. The lowest BCUT2D eigenvalue weighted by Crippen LogP contribution is -2.14. The topological polar surface area (TPSA) is 24.1 Å². The molecule has 0 bridgehead atoms. The van der Waals surface area contributed by atoms with E-state index in [-0.39, 0.29) is 0 Å². The zero-order valence-corrected chi connectivity index (χ0v) is 5.54. The van der Waals surface area contributed by atoms with E-state index in [4.69, 9.17) is 0 Å². The Kier molecular flexibility index (Phi) is 1.11.